The second-order valence-electron chi connectivity index (χ2n) is 10.9. The Kier molecular flexibility index (Phi) is 9.19. The molecule has 0 aliphatic carbocycles. The quantitative estimate of drug-likeness (QED) is 0.377. The van der Waals surface area contributed by atoms with Gasteiger partial charge in [-0.05, 0) is 43.7 Å². The maximum atomic E-state index is 14.7. The molecule has 0 aromatic heterocycles. The molecule has 1 aromatic rings. The van der Waals surface area contributed by atoms with E-state index in [4.69, 9.17) is 11.6 Å². The molecule has 4 rings (SSSR count). The predicted molar refractivity (Wildman–Crippen MR) is 158 cm³/mol. The van der Waals surface area contributed by atoms with Crippen molar-refractivity contribution in [3.8, 4) is 0 Å². The van der Waals surface area contributed by atoms with Crippen LogP contribution in [0.15, 0.2) is 43.5 Å². The first kappa shape index (κ1) is 29.7. The third-order valence-electron chi connectivity index (χ3n) is 8.51. The van der Waals surface area contributed by atoms with Gasteiger partial charge in [-0.25, -0.2) is 0 Å². The number of fused-ring (bicyclic) bond motifs is 1. The van der Waals surface area contributed by atoms with E-state index in [0.29, 0.717) is 30.2 Å². The Labute approximate surface area is 241 Å². The Morgan fingerprint density at radius 3 is 2.59 bits per heavy atom. The van der Waals surface area contributed by atoms with Crippen molar-refractivity contribution in [2.24, 2.45) is 17.8 Å². The normalized spacial score (nSPS) is 28.9. The number of halogens is 1. The minimum atomic E-state index is -0.779. The number of hydrogen-bond acceptors (Lipinski definition) is 5. The minimum absolute atomic E-state index is 0.0264. The molecule has 0 radical (unpaired) electrons. The maximum absolute atomic E-state index is 14.7. The van der Waals surface area contributed by atoms with Gasteiger partial charge >= 0.3 is 0 Å². The molecule has 3 amide bonds. The molecule has 3 aliphatic rings. The summed E-state index contributed by atoms with van der Waals surface area (Å²) in [5.41, 5.74) is 1.46. The summed E-state index contributed by atoms with van der Waals surface area (Å²) < 4.78 is -0.741. The summed E-state index contributed by atoms with van der Waals surface area (Å²) in [6.45, 7) is 15.2. The molecule has 3 heterocycles. The van der Waals surface area contributed by atoms with Crippen LogP contribution in [0.25, 0.3) is 0 Å². The third kappa shape index (κ3) is 4.82. The summed E-state index contributed by atoms with van der Waals surface area (Å²) in [5.74, 6) is -1.44. The van der Waals surface area contributed by atoms with Crippen LogP contribution in [-0.2, 0) is 14.4 Å². The van der Waals surface area contributed by atoms with E-state index in [9.17, 15) is 19.5 Å². The first-order valence-electron chi connectivity index (χ1n) is 13.9. The average Bonchev–Trinajstić information content (AvgIpc) is 3.49. The number of benzene rings is 1. The highest BCUT2D eigenvalue weighted by molar-refractivity contribution is 8.02. The van der Waals surface area contributed by atoms with E-state index in [0.717, 1.165) is 18.4 Å². The molecular weight excluding hydrogens is 534 g/mol. The largest absolute Gasteiger partial charge is 0.396 e. The number of nitrogens with zero attached hydrogens (tertiary/aromatic N) is 3. The molecule has 9 heteroatoms. The van der Waals surface area contributed by atoms with Crippen LogP contribution in [0.5, 0.6) is 0 Å². The van der Waals surface area contributed by atoms with Gasteiger partial charge in [0.15, 0.2) is 0 Å². The number of likely N-dealkylation sites (tertiary alicyclic amines) is 1. The number of aliphatic hydroxyl groups is 1. The zero-order chi connectivity index (χ0) is 28.5. The summed E-state index contributed by atoms with van der Waals surface area (Å²) >= 11 is 8.29. The van der Waals surface area contributed by atoms with Crippen molar-refractivity contribution < 1.29 is 19.5 Å². The fourth-order valence-electron chi connectivity index (χ4n) is 7.02. The molecule has 1 spiro atoms. The van der Waals surface area contributed by atoms with E-state index in [2.05, 4.69) is 20.1 Å². The molecule has 3 saturated heterocycles. The zero-order valence-electron chi connectivity index (χ0n) is 23.1. The molecule has 6 atom stereocenters. The molecule has 1 N–H and O–H groups in total. The highest BCUT2D eigenvalue weighted by Gasteiger charge is 2.76. The summed E-state index contributed by atoms with van der Waals surface area (Å²) in [7, 11) is 0. The second kappa shape index (κ2) is 12.1. The van der Waals surface area contributed by atoms with Gasteiger partial charge in [0.2, 0.25) is 11.8 Å². The Morgan fingerprint density at radius 2 is 1.97 bits per heavy atom. The molecule has 7 nitrogen and oxygen atoms in total. The standard InChI is InChI=1S/C30H40ClN3O4S/c1-6-13-32(14-7-2)27(36)23-22-18-20(5)30(39-22)24(23)28(37)34(16-10-17-35)26(30)29(38)33(15-8-3)25-19(4)11-9-12-21(25)31/h6,8-9,11-12,20,22-24,26,35H,1,3,7,10,13-18H2,2,4-5H3/t20?,22-,23+,24-,26?,30?/m0/s1. The number of para-hydroxylation sites is 1. The third-order valence-corrected chi connectivity index (χ3v) is 10.9. The van der Waals surface area contributed by atoms with E-state index in [1.807, 2.05) is 26.0 Å². The van der Waals surface area contributed by atoms with Crippen molar-refractivity contribution in [1.82, 2.24) is 9.80 Å². The first-order valence-corrected chi connectivity index (χ1v) is 15.1. The van der Waals surface area contributed by atoms with Gasteiger partial charge in [0.25, 0.3) is 5.91 Å². The number of aliphatic hydroxyl groups excluding tert-OH is 1. The number of carbonyl (C=O) groups excluding carboxylic acids is 3. The van der Waals surface area contributed by atoms with Gasteiger partial charge in [-0.15, -0.1) is 24.9 Å². The Hall–Kier alpha value is -2.29. The van der Waals surface area contributed by atoms with Crippen LogP contribution in [0.2, 0.25) is 5.02 Å². The Bertz CT molecular complexity index is 1120. The SMILES string of the molecule is C=CCN(CCC)C(=O)[C@@H]1[C@@H]2CC(C)C3(S2)C(C(=O)N(CC=C)c2c(C)cccc2Cl)N(CCCO)C(=O)[C@H]13. The highest BCUT2D eigenvalue weighted by Crippen LogP contribution is 2.69. The number of aryl methyl sites for hydroxylation is 1. The van der Waals surface area contributed by atoms with Crippen molar-refractivity contribution in [1.29, 1.82) is 0 Å². The van der Waals surface area contributed by atoms with Crippen LogP contribution in [-0.4, -0.2) is 81.5 Å². The molecule has 212 valence electrons. The highest BCUT2D eigenvalue weighted by atomic mass is 35.5. The molecule has 3 unspecified atom stereocenters. The second-order valence-corrected chi connectivity index (χ2v) is 12.8. The van der Waals surface area contributed by atoms with Crippen LogP contribution >= 0.6 is 23.4 Å². The van der Waals surface area contributed by atoms with Crippen LogP contribution in [0.1, 0.15) is 38.7 Å². The number of carbonyl (C=O) groups is 3. The minimum Gasteiger partial charge on any atom is -0.396 e. The Morgan fingerprint density at radius 1 is 1.26 bits per heavy atom. The van der Waals surface area contributed by atoms with Gasteiger partial charge in [-0.1, -0.05) is 49.7 Å². The van der Waals surface area contributed by atoms with Crippen LogP contribution in [0, 0.1) is 24.7 Å². The van der Waals surface area contributed by atoms with Gasteiger partial charge < -0.3 is 19.8 Å². The van der Waals surface area contributed by atoms with Crippen LogP contribution < -0.4 is 4.90 Å². The van der Waals surface area contributed by atoms with Crippen LogP contribution in [0.4, 0.5) is 5.69 Å². The van der Waals surface area contributed by atoms with Gasteiger partial charge in [0.1, 0.15) is 6.04 Å². The van der Waals surface area contributed by atoms with Gasteiger partial charge in [0, 0.05) is 38.0 Å². The van der Waals surface area contributed by atoms with E-state index in [-0.39, 0.29) is 48.6 Å². The summed E-state index contributed by atoms with van der Waals surface area (Å²) in [6.07, 6.45) is 5.31. The molecule has 3 aliphatic heterocycles. The van der Waals surface area contributed by atoms with Gasteiger partial charge in [0.05, 0.1) is 27.3 Å². The first-order chi connectivity index (χ1) is 18.7. The maximum Gasteiger partial charge on any atom is 0.251 e. The lowest BCUT2D eigenvalue weighted by Crippen LogP contribution is -2.58. The van der Waals surface area contributed by atoms with Crippen molar-refractivity contribution in [3.05, 3.63) is 54.1 Å². The summed E-state index contributed by atoms with van der Waals surface area (Å²) in [6, 6.07) is 4.73. The average molecular weight is 574 g/mol. The molecule has 1 aromatic carbocycles. The summed E-state index contributed by atoms with van der Waals surface area (Å²) in [5, 5.41) is 10.1. The molecule has 2 bridgehead atoms. The topological polar surface area (TPSA) is 81.2 Å². The number of anilines is 1. The fraction of sp³-hybridized carbons (Fsp3) is 0.567. The molecule has 39 heavy (non-hydrogen) atoms. The van der Waals surface area contributed by atoms with E-state index in [1.165, 1.54) is 0 Å². The fourth-order valence-corrected chi connectivity index (χ4v) is 9.76. The molecule has 0 saturated carbocycles. The Balaban J connectivity index is 1.82. The number of rotatable bonds is 12. The van der Waals surface area contributed by atoms with Crippen molar-refractivity contribution >= 4 is 46.8 Å². The van der Waals surface area contributed by atoms with Crippen molar-refractivity contribution in [2.75, 3.05) is 37.7 Å². The molecular formula is C30H40ClN3O4S. The number of amides is 3. The van der Waals surface area contributed by atoms with E-state index in [1.54, 1.807) is 44.7 Å². The van der Waals surface area contributed by atoms with Crippen LogP contribution in [0.3, 0.4) is 0 Å². The molecule has 3 fully saturated rings. The smallest absolute Gasteiger partial charge is 0.251 e. The lowest BCUT2D eigenvalue weighted by atomic mass is 9.65. The predicted octanol–water partition coefficient (Wildman–Crippen LogP) is 4.31. The number of hydrogen-bond donors (Lipinski definition) is 1. The van der Waals surface area contributed by atoms with Crippen molar-refractivity contribution in [3.63, 3.8) is 0 Å². The van der Waals surface area contributed by atoms with E-state index < -0.39 is 22.6 Å². The summed E-state index contributed by atoms with van der Waals surface area (Å²) in [4.78, 5) is 48.0. The van der Waals surface area contributed by atoms with Gasteiger partial charge in [-0.3, -0.25) is 14.4 Å². The van der Waals surface area contributed by atoms with Crippen molar-refractivity contribution in [2.45, 2.75) is 56.1 Å². The zero-order valence-corrected chi connectivity index (χ0v) is 24.7. The lowest BCUT2D eigenvalue weighted by Gasteiger charge is -2.41. The van der Waals surface area contributed by atoms with Gasteiger partial charge in [-0.2, -0.15) is 0 Å². The lowest BCUT2D eigenvalue weighted by molar-refractivity contribution is -0.144. The number of thioether (sulfide) groups is 1. The monoisotopic (exact) mass is 573 g/mol. The van der Waals surface area contributed by atoms with E-state index >= 15 is 0 Å².